The van der Waals surface area contributed by atoms with Crippen LogP contribution in [0.2, 0.25) is 5.02 Å². The number of carbonyl (C=O) groups is 1. The maximum atomic E-state index is 11.6. The van der Waals surface area contributed by atoms with E-state index in [9.17, 15) is 4.79 Å². The number of halogens is 3. The molecular formula is C68H66BBr2ClN16O3. The summed E-state index contributed by atoms with van der Waals surface area (Å²) in [6.07, 6.45) is 18.5. The Hall–Kier alpha value is -8.93. The van der Waals surface area contributed by atoms with Crippen molar-refractivity contribution in [2.45, 2.75) is 64.7 Å². The van der Waals surface area contributed by atoms with E-state index in [4.69, 9.17) is 20.9 Å². The van der Waals surface area contributed by atoms with Gasteiger partial charge in [-0.25, -0.2) is 0 Å². The van der Waals surface area contributed by atoms with Crippen molar-refractivity contribution in [3.63, 3.8) is 0 Å². The number of hydrogen-bond acceptors (Lipinski definition) is 13. The third kappa shape index (κ3) is 14.2. The molecule has 91 heavy (non-hydrogen) atoms. The van der Waals surface area contributed by atoms with Crippen LogP contribution in [0, 0.1) is 0 Å². The molecule has 2 N–H and O–H groups in total. The molecular weight excluding hydrogens is 1290 g/mol. The molecule has 0 spiro atoms. The number of H-pyrrole nitrogens is 1. The minimum atomic E-state index is -0.311. The largest absolute Gasteiger partial charge is 0.494 e. The minimum Gasteiger partial charge on any atom is -0.399 e. The molecule has 2 fully saturated rings. The van der Waals surface area contributed by atoms with E-state index in [-0.39, 0.29) is 24.2 Å². The van der Waals surface area contributed by atoms with Crippen LogP contribution in [-0.2, 0) is 42.3 Å². The Morgan fingerprint density at radius 1 is 0.560 bits per heavy atom. The molecule has 0 atom stereocenters. The van der Waals surface area contributed by atoms with Crippen LogP contribution >= 0.6 is 43.5 Å². The van der Waals surface area contributed by atoms with Gasteiger partial charge in [-0.15, -0.1) is 0 Å². The first-order valence-electron chi connectivity index (χ1n) is 29.7. The number of likely N-dealkylation sites (tertiary alicyclic amines) is 1. The van der Waals surface area contributed by atoms with E-state index >= 15 is 0 Å². The Bertz CT molecular complexity index is 4960. The van der Waals surface area contributed by atoms with E-state index in [1.807, 2.05) is 149 Å². The van der Waals surface area contributed by atoms with Gasteiger partial charge >= 0.3 is 7.12 Å². The molecule has 16 rings (SSSR count). The lowest BCUT2D eigenvalue weighted by atomic mass is 9.79. The van der Waals surface area contributed by atoms with E-state index in [2.05, 4.69) is 158 Å². The number of aromatic nitrogens is 14. The number of benzene rings is 7. The number of carbonyl (C=O) groups excluding carboxylic acids is 1. The summed E-state index contributed by atoms with van der Waals surface area (Å²) in [7, 11) is 7.39. The van der Waals surface area contributed by atoms with Gasteiger partial charge in [-0.3, -0.25) is 48.6 Å². The number of piperidine rings is 1. The number of amides is 1. The van der Waals surface area contributed by atoms with Gasteiger partial charge in [-0.2, -0.15) is 25.5 Å². The third-order valence-electron chi connectivity index (χ3n) is 16.4. The fourth-order valence-electron chi connectivity index (χ4n) is 11.2. The van der Waals surface area contributed by atoms with Gasteiger partial charge < -0.3 is 19.5 Å². The predicted octanol–water partition coefficient (Wildman–Crippen LogP) is 14.0. The molecule has 0 bridgehead atoms. The molecule has 19 nitrogen and oxygen atoms in total. The number of hydrogen-bond donors (Lipinski definition) is 2. The minimum absolute atomic E-state index is 0.155. The van der Waals surface area contributed by atoms with Gasteiger partial charge in [0.1, 0.15) is 0 Å². The maximum absolute atomic E-state index is 11.6. The van der Waals surface area contributed by atoms with Gasteiger partial charge in [0.15, 0.2) is 0 Å². The Balaban J connectivity index is 0.000000116. The van der Waals surface area contributed by atoms with E-state index in [0.29, 0.717) is 11.1 Å². The highest BCUT2D eigenvalue weighted by molar-refractivity contribution is 9.10. The number of nitrogens with zero attached hydrogens (tertiary/aromatic N) is 14. The van der Waals surface area contributed by atoms with Gasteiger partial charge in [0.05, 0.1) is 67.0 Å². The summed E-state index contributed by atoms with van der Waals surface area (Å²) in [6.45, 7) is 11.5. The normalized spacial score (nSPS) is 14.5. The van der Waals surface area contributed by atoms with Crippen LogP contribution in [0.15, 0.2) is 180 Å². The van der Waals surface area contributed by atoms with Crippen molar-refractivity contribution in [3.05, 3.63) is 185 Å². The molecule has 0 aliphatic carbocycles. The van der Waals surface area contributed by atoms with Crippen LogP contribution in [0.3, 0.4) is 0 Å². The fourth-order valence-corrected chi connectivity index (χ4v) is 12.1. The molecule has 14 aromatic rings. The average Bonchev–Trinajstić information content (AvgIpc) is 1.81. The summed E-state index contributed by atoms with van der Waals surface area (Å²) in [5.74, 6) is 0.155. The Morgan fingerprint density at radius 3 is 1.57 bits per heavy atom. The quantitative estimate of drug-likeness (QED) is 0.154. The summed E-state index contributed by atoms with van der Waals surface area (Å²) in [6, 6.07) is 38.9. The van der Waals surface area contributed by atoms with E-state index in [1.54, 1.807) is 37.9 Å². The number of nitrogens with one attached hydrogen (secondary N) is 2. The lowest BCUT2D eigenvalue weighted by molar-refractivity contribution is -0.129. The van der Waals surface area contributed by atoms with Crippen molar-refractivity contribution >= 4 is 144 Å². The summed E-state index contributed by atoms with van der Waals surface area (Å²) >= 11 is 13.0. The SMILES string of the molecule is Brc1ccc2[nH]ncc2c1.CC(=O)N1CCC(Nc2cc(-c3ccc4nn(C)cc4c3)c3nccnc3c2)CC1.Cn1cc2cc(-c3cc(Cl)cc4nccnc34)ccc2n1.Cn1cc2cc(B3OC(C)(C)C(C)(C)O3)ccc2n1.Cn1cc2cc(Br)ccc2n1. The summed E-state index contributed by atoms with van der Waals surface area (Å²) < 4.78 is 21.6. The van der Waals surface area contributed by atoms with Crippen LogP contribution in [0.4, 0.5) is 5.69 Å². The van der Waals surface area contributed by atoms with E-state index in [0.717, 1.165) is 139 Å². The third-order valence-corrected chi connectivity index (χ3v) is 17.6. The second-order valence-corrected chi connectivity index (χ2v) is 26.0. The van der Waals surface area contributed by atoms with Crippen molar-refractivity contribution in [3.8, 4) is 22.3 Å². The number of aryl methyl sites for hydroxylation is 4. The van der Waals surface area contributed by atoms with Crippen LogP contribution in [0.5, 0.6) is 0 Å². The first-order chi connectivity index (χ1) is 43.7. The molecule has 1 amide bonds. The molecule has 9 heterocycles. The van der Waals surface area contributed by atoms with Crippen LogP contribution < -0.4 is 10.8 Å². The lowest BCUT2D eigenvalue weighted by Gasteiger charge is -2.32. The van der Waals surface area contributed by atoms with Crippen LogP contribution in [-0.4, -0.2) is 118 Å². The Kier molecular flexibility index (Phi) is 17.9. The summed E-state index contributed by atoms with van der Waals surface area (Å²) in [5, 5.41) is 34.2. The monoisotopic (exact) mass is 1360 g/mol. The molecule has 460 valence electrons. The Labute approximate surface area is 547 Å². The highest BCUT2D eigenvalue weighted by Gasteiger charge is 2.51. The lowest BCUT2D eigenvalue weighted by Crippen LogP contribution is -2.41. The molecule has 23 heteroatoms. The fraction of sp³-hybridized carbons (Fsp3) is 0.235. The number of anilines is 1. The molecule has 0 radical (unpaired) electrons. The number of aromatic amines is 1. The maximum Gasteiger partial charge on any atom is 0.494 e. The van der Waals surface area contributed by atoms with Crippen molar-refractivity contribution in [1.29, 1.82) is 0 Å². The Morgan fingerprint density at radius 2 is 1.02 bits per heavy atom. The van der Waals surface area contributed by atoms with Gasteiger partial charge in [-0.05, 0) is 148 Å². The predicted molar refractivity (Wildman–Crippen MR) is 371 cm³/mol. The summed E-state index contributed by atoms with van der Waals surface area (Å²) in [4.78, 5) is 31.4. The first kappa shape index (κ1) is 62.3. The highest BCUT2D eigenvalue weighted by Crippen LogP contribution is 2.38. The average molecular weight is 1360 g/mol. The van der Waals surface area contributed by atoms with Crippen molar-refractivity contribution in [2.75, 3.05) is 18.4 Å². The van der Waals surface area contributed by atoms with Gasteiger partial charge in [-0.1, -0.05) is 67.7 Å². The molecule has 0 saturated carbocycles. The van der Waals surface area contributed by atoms with E-state index in [1.165, 1.54) is 5.39 Å². The van der Waals surface area contributed by atoms with Crippen molar-refractivity contribution in [2.24, 2.45) is 28.2 Å². The van der Waals surface area contributed by atoms with Gasteiger partial charge in [0.25, 0.3) is 0 Å². The van der Waals surface area contributed by atoms with Crippen molar-refractivity contribution in [1.82, 2.24) is 74.2 Å². The zero-order valence-electron chi connectivity index (χ0n) is 51.8. The van der Waals surface area contributed by atoms with Gasteiger partial charge in [0, 0.05) is 162 Å². The molecule has 2 aliphatic rings. The molecule has 0 unspecified atom stereocenters. The number of rotatable bonds is 5. The zero-order chi connectivity index (χ0) is 63.7. The number of fused-ring (bicyclic) bond motifs is 7. The highest BCUT2D eigenvalue weighted by atomic mass is 79.9. The second kappa shape index (κ2) is 26.1. The standard InChI is InChI=1S/C23H24N6O.C16H11ClN4.C14H19BN2O2.C8H7BrN2.C7H5BrN2/c1-15(30)29-9-5-18(6-10-29)26-19-12-20(23-22(13-19)24-7-8-25-23)16-3-4-21-17(11-16)14-28(2)27-21;1-21-9-11-6-10(2-3-14(11)20-21)13-7-12(17)8-15-16(13)19-5-4-18-15;1-13(2)14(3,4)19-15(18-13)11-6-7-12-10(8-11)9-17(5)16-12;1-11-5-6-4-7(9)2-3-8(6)10-11;8-6-1-2-7-5(3-6)4-9-10-7/h3-4,7-8,11-14,18,26H,5-6,9-10H2,1-2H3;2-9H,1H3;6-9H,1-5H3;2-5H,1H3;1-4H,(H,9,10). The second-order valence-electron chi connectivity index (χ2n) is 23.7. The molecule has 2 saturated heterocycles. The molecule has 7 aromatic heterocycles. The van der Waals surface area contributed by atoms with E-state index < -0.39 is 0 Å². The summed E-state index contributed by atoms with van der Waals surface area (Å²) in [5.41, 5.74) is 14.1. The van der Waals surface area contributed by atoms with Crippen LogP contribution in [0.25, 0.3) is 98.8 Å². The smallest absolute Gasteiger partial charge is 0.399 e. The van der Waals surface area contributed by atoms with Crippen molar-refractivity contribution < 1.29 is 14.1 Å². The molecule has 7 aromatic carbocycles. The van der Waals surface area contributed by atoms with Gasteiger partial charge in [0.2, 0.25) is 5.91 Å². The zero-order valence-corrected chi connectivity index (χ0v) is 55.7. The first-order valence-corrected chi connectivity index (χ1v) is 31.6. The topological polar surface area (TPSA) is 202 Å². The van der Waals surface area contributed by atoms with Crippen LogP contribution in [0.1, 0.15) is 47.5 Å². The molecule has 2 aliphatic heterocycles.